The van der Waals surface area contributed by atoms with Crippen LogP contribution in [0.5, 0.6) is 0 Å². The summed E-state index contributed by atoms with van der Waals surface area (Å²) in [6.45, 7) is 0. The molecule has 0 fully saturated rings. The fraction of sp³-hybridized carbons (Fsp3) is 0.167. The van der Waals surface area contributed by atoms with Crippen LogP contribution in [0.4, 0.5) is 5.82 Å². The molecule has 4 heteroatoms. The summed E-state index contributed by atoms with van der Waals surface area (Å²) in [5, 5.41) is 0. The van der Waals surface area contributed by atoms with Crippen molar-refractivity contribution in [2.45, 2.75) is 5.88 Å². The lowest BCUT2D eigenvalue weighted by atomic mass is 10.3. The average Bonchev–Trinajstić information content (AvgIpc) is 1.94. The standard InChI is InChI=1S/C6H6ClIN2/c7-2-4-1-5(8)3-10-6(4)9/h1,3H,2H2,(H2,9,10). The van der Waals surface area contributed by atoms with Crippen molar-refractivity contribution in [3.8, 4) is 0 Å². The number of nitrogen functional groups attached to an aromatic ring is 1. The van der Waals surface area contributed by atoms with Gasteiger partial charge in [-0.2, -0.15) is 0 Å². The molecule has 0 aromatic carbocycles. The number of nitrogens with zero attached hydrogens (tertiary/aromatic N) is 1. The fourth-order valence-electron chi connectivity index (χ4n) is 0.599. The largest absolute Gasteiger partial charge is 0.383 e. The number of pyridine rings is 1. The lowest BCUT2D eigenvalue weighted by Gasteiger charge is -1.99. The van der Waals surface area contributed by atoms with E-state index in [-0.39, 0.29) is 0 Å². The zero-order valence-electron chi connectivity index (χ0n) is 5.14. The van der Waals surface area contributed by atoms with Crippen molar-refractivity contribution in [2.75, 3.05) is 5.73 Å². The summed E-state index contributed by atoms with van der Waals surface area (Å²) in [4.78, 5) is 3.94. The van der Waals surface area contributed by atoms with Crippen LogP contribution in [0.1, 0.15) is 5.56 Å². The molecule has 1 aromatic heterocycles. The highest BCUT2D eigenvalue weighted by molar-refractivity contribution is 14.1. The van der Waals surface area contributed by atoms with E-state index in [2.05, 4.69) is 27.6 Å². The molecule has 2 N–H and O–H groups in total. The minimum atomic E-state index is 0.426. The number of alkyl halides is 1. The van der Waals surface area contributed by atoms with Gasteiger partial charge in [0, 0.05) is 15.3 Å². The van der Waals surface area contributed by atoms with Gasteiger partial charge in [-0.05, 0) is 28.7 Å². The van der Waals surface area contributed by atoms with Gasteiger partial charge in [0.25, 0.3) is 0 Å². The summed E-state index contributed by atoms with van der Waals surface area (Å²) < 4.78 is 1.06. The van der Waals surface area contributed by atoms with Gasteiger partial charge in [0.05, 0.1) is 5.88 Å². The van der Waals surface area contributed by atoms with E-state index in [4.69, 9.17) is 17.3 Å². The lowest BCUT2D eigenvalue weighted by Crippen LogP contribution is -1.95. The molecule has 1 heterocycles. The van der Waals surface area contributed by atoms with Gasteiger partial charge in [-0.25, -0.2) is 4.98 Å². The van der Waals surface area contributed by atoms with Crippen LogP contribution in [-0.4, -0.2) is 4.98 Å². The molecule has 10 heavy (non-hydrogen) atoms. The van der Waals surface area contributed by atoms with E-state index >= 15 is 0 Å². The van der Waals surface area contributed by atoms with E-state index in [1.54, 1.807) is 6.20 Å². The first-order chi connectivity index (χ1) is 4.74. The maximum atomic E-state index is 5.58. The number of rotatable bonds is 1. The number of hydrogen-bond donors (Lipinski definition) is 1. The molecule has 54 valence electrons. The fourth-order valence-corrected chi connectivity index (χ4v) is 1.33. The Morgan fingerprint density at radius 3 is 2.90 bits per heavy atom. The summed E-state index contributed by atoms with van der Waals surface area (Å²) in [7, 11) is 0. The molecule has 0 aliphatic rings. The Morgan fingerprint density at radius 2 is 2.40 bits per heavy atom. The van der Waals surface area contributed by atoms with E-state index in [1.807, 2.05) is 6.07 Å². The Balaban J connectivity index is 3.09. The lowest BCUT2D eigenvalue weighted by molar-refractivity contribution is 1.24. The normalized spacial score (nSPS) is 9.80. The predicted octanol–water partition coefficient (Wildman–Crippen LogP) is 2.01. The van der Waals surface area contributed by atoms with Crippen LogP contribution in [0.25, 0.3) is 0 Å². The second-order valence-electron chi connectivity index (χ2n) is 1.83. The van der Waals surface area contributed by atoms with Crippen LogP contribution in [0.15, 0.2) is 12.3 Å². The number of nitrogens with two attached hydrogens (primary N) is 1. The van der Waals surface area contributed by atoms with Crippen molar-refractivity contribution in [1.82, 2.24) is 4.98 Å². The molecule has 0 aliphatic heterocycles. The average molecular weight is 268 g/mol. The first kappa shape index (κ1) is 8.07. The van der Waals surface area contributed by atoms with Gasteiger partial charge >= 0.3 is 0 Å². The van der Waals surface area contributed by atoms with Crippen LogP contribution in [0, 0.1) is 3.57 Å². The molecular weight excluding hydrogens is 262 g/mol. The van der Waals surface area contributed by atoms with E-state index < -0.39 is 0 Å². The monoisotopic (exact) mass is 268 g/mol. The molecular formula is C6H6ClIN2. The Hall–Kier alpha value is -0.0300. The maximum absolute atomic E-state index is 5.58. The quantitative estimate of drug-likeness (QED) is 0.625. The number of halogens is 2. The first-order valence-electron chi connectivity index (χ1n) is 2.70. The van der Waals surface area contributed by atoms with Crippen molar-refractivity contribution in [1.29, 1.82) is 0 Å². The topological polar surface area (TPSA) is 38.9 Å². The summed E-state index contributed by atoms with van der Waals surface area (Å²) in [6.07, 6.45) is 1.71. The molecule has 2 nitrogen and oxygen atoms in total. The second-order valence-corrected chi connectivity index (χ2v) is 3.34. The summed E-state index contributed by atoms with van der Waals surface area (Å²) in [5.41, 5.74) is 6.40. The van der Waals surface area contributed by atoms with Gasteiger partial charge in [-0.1, -0.05) is 0 Å². The van der Waals surface area contributed by atoms with Gasteiger partial charge in [0.1, 0.15) is 5.82 Å². The van der Waals surface area contributed by atoms with Crippen molar-refractivity contribution in [3.05, 3.63) is 21.4 Å². The van der Waals surface area contributed by atoms with Gasteiger partial charge in [0.15, 0.2) is 0 Å². The van der Waals surface area contributed by atoms with Gasteiger partial charge in [-0.15, -0.1) is 11.6 Å². The number of aromatic nitrogens is 1. The van der Waals surface area contributed by atoms with Crippen LogP contribution in [0.3, 0.4) is 0 Å². The zero-order valence-corrected chi connectivity index (χ0v) is 8.06. The van der Waals surface area contributed by atoms with E-state index in [1.165, 1.54) is 0 Å². The van der Waals surface area contributed by atoms with E-state index in [9.17, 15) is 0 Å². The minimum absolute atomic E-state index is 0.426. The SMILES string of the molecule is Nc1ncc(I)cc1CCl. The van der Waals surface area contributed by atoms with Crippen molar-refractivity contribution < 1.29 is 0 Å². The third-order valence-corrected chi connectivity index (χ3v) is 1.99. The molecule has 0 unspecified atom stereocenters. The summed E-state index contributed by atoms with van der Waals surface area (Å²) >= 11 is 7.75. The molecule has 1 rings (SSSR count). The third-order valence-electron chi connectivity index (χ3n) is 1.11. The minimum Gasteiger partial charge on any atom is -0.383 e. The molecule has 0 amide bonds. The zero-order chi connectivity index (χ0) is 7.56. The highest BCUT2D eigenvalue weighted by Gasteiger charge is 1.97. The second kappa shape index (κ2) is 3.39. The van der Waals surface area contributed by atoms with Gasteiger partial charge in [-0.3, -0.25) is 0 Å². The van der Waals surface area contributed by atoms with Crippen molar-refractivity contribution >= 4 is 40.0 Å². The molecule has 0 atom stereocenters. The smallest absolute Gasteiger partial charge is 0.127 e. The highest BCUT2D eigenvalue weighted by atomic mass is 127. The molecule has 0 spiro atoms. The molecule has 0 saturated heterocycles. The maximum Gasteiger partial charge on any atom is 0.127 e. The highest BCUT2D eigenvalue weighted by Crippen LogP contribution is 2.13. The molecule has 1 aromatic rings. The Kier molecular flexibility index (Phi) is 2.73. The number of hydrogen-bond acceptors (Lipinski definition) is 2. The molecule has 0 bridgehead atoms. The van der Waals surface area contributed by atoms with Crippen LogP contribution < -0.4 is 5.73 Å². The first-order valence-corrected chi connectivity index (χ1v) is 4.31. The third kappa shape index (κ3) is 1.73. The van der Waals surface area contributed by atoms with E-state index in [0.29, 0.717) is 11.7 Å². The van der Waals surface area contributed by atoms with Crippen LogP contribution in [-0.2, 0) is 5.88 Å². The van der Waals surface area contributed by atoms with Crippen LogP contribution >= 0.6 is 34.2 Å². The Labute approximate surface area is 77.9 Å². The predicted molar refractivity (Wildman–Crippen MR) is 50.9 cm³/mol. The van der Waals surface area contributed by atoms with Crippen molar-refractivity contribution in [2.24, 2.45) is 0 Å². The van der Waals surface area contributed by atoms with Crippen LogP contribution in [0.2, 0.25) is 0 Å². The van der Waals surface area contributed by atoms with Gasteiger partial charge < -0.3 is 5.73 Å². The molecule has 0 saturated carbocycles. The van der Waals surface area contributed by atoms with Gasteiger partial charge in [0.2, 0.25) is 0 Å². The Morgan fingerprint density at radius 1 is 1.70 bits per heavy atom. The molecule has 0 aliphatic carbocycles. The molecule has 0 radical (unpaired) electrons. The summed E-state index contributed by atoms with van der Waals surface area (Å²) in [6, 6.07) is 1.93. The summed E-state index contributed by atoms with van der Waals surface area (Å²) in [5.74, 6) is 0.950. The number of anilines is 1. The van der Waals surface area contributed by atoms with Crippen molar-refractivity contribution in [3.63, 3.8) is 0 Å². The Bertz CT molecular complexity index is 239. The van der Waals surface area contributed by atoms with E-state index in [0.717, 1.165) is 9.13 Å².